The zero-order valence-corrected chi connectivity index (χ0v) is 9.99. The predicted molar refractivity (Wildman–Crippen MR) is 64.5 cm³/mol. The minimum absolute atomic E-state index is 0.00376. The van der Waals surface area contributed by atoms with Crippen molar-refractivity contribution < 1.29 is 14.0 Å². The molecule has 0 spiro atoms. The minimum atomic E-state index is -0.389. The first kappa shape index (κ1) is 12.5. The fraction of sp³-hybridized carbons (Fsp3) is 0.385. The van der Waals surface area contributed by atoms with Gasteiger partial charge in [0.05, 0.1) is 6.54 Å². The van der Waals surface area contributed by atoms with E-state index in [1.54, 1.807) is 4.90 Å². The SMILES string of the molecule is O=C(NCC(=O)N1CCCC1)c1ccc(F)cc1. The van der Waals surface area contributed by atoms with Gasteiger partial charge in [0.25, 0.3) is 5.91 Å². The molecule has 1 heterocycles. The Balaban J connectivity index is 1.84. The van der Waals surface area contributed by atoms with Gasteiger partial charge in [-0.25, -0.2) is 4.39 Å². The number of carbonyl (C=O) groups excluding carboxylic acids is 2. The second-order valence-electron chi connectivity index (χ2n) is 4.28. The second kappa shape index (κ2) is 5.62. The van der Waals surface area contributed by atoms with E-state index in [1.165, 1.54) is 24.3 Å². The Morgan fingerprint density at radius 3 is 2.39 bits per heavy atom. The van der Waals surface area contributed by atoms with Crippen molar-refractivity contribution in [2.75, 3.05) is 19.6 Å². The van der Waals surface area contributed by atoms with Crippen LogP contribution < -0.4 is 5.32 Å². The molecule has 4 nitrogen and oxygen atoms in total. The Hall–Kier alpha value is -1.91. The molecule has 1 saturated heterocycles. The molecule has 5 heteroatoms. The van der Waals surface area contributed by atoms with Gasteiger partial charge >= 0.3 is 0 Å². The van der Waals surface area contributed by atoms with Crippen LogP contribution in [0.5, 0.6) is 0 Å². The summed E-state index contributed by atoms with van der Waals surface area (Å²) >= 11 is 0. The molecule has 0 aliphatic carbocycles. The first-order chi connectivity index (χ1) is 8.66. The van der Waals surface area contributed by atoms with E-state index in [9.17, 15) is 14.0 Å². The van der Waals surface area contributed by atoms with Crippen molar-refractivity contribution in [1.29, 1.82) is 0 Å². The van der Waals surface area contributed by atoms with E-state index in [0.29, 0.717) is 5.56 Å². The molecule has 1 aliphatic rings. The summed E-state index contributed by atoms with van der Waals surface area (Å²) in [5, 5.41) is 2.54. The maximum absolute atomic E-state index is 12.7. The Morgan fingerprint density at radius 2 is 1.78 bits per heavy atom. The summed E-state index contributed by atoms with van der Waals surface area (Å²) in [5.74, 6) is -0.815. The van der Waals surface area contributed by atoms with E-state index in [-0.39, 0.29) is 24.2 Å². The lowest BCUT2D eigenvalue weighted by atomic mass is 10.2. The number of halogens is 1. The Labute approximate surface area is 105 Å². The molecule has 0 bridgehead atoms. The van der Waals surface area contributed by atoms with E-state index in [2.05, 4.69) is 5.32 Å². The average Bonchev–Trinajstić information content (AvgIpc) is 2.90. The molecular formula is C13H15FN2O2. The summed E-state index contributed by atoms with van der Waals surface area (Å²) in [5.41, 5.74) is 0.352. The molecule has 1 N–H and O–H groups in total. The Bertz CT molecular complexity index is 439. The van der Waals surface area contributed by atoms with Gasteiger partial charge in [0.15, 0.2) is 0 Å². The van der Waals surface area contributed by atoms with E-state index < -0.39 is 0 Å². The summed E-state index contributed by atoms with van der Waals surface area (Å²) in [6.07, 6.45) is 2.05. The van der Waals surface area contributed by atoms with Crippen LogP contribution in [-0.4, -0.2) is 36.3 Å². The molecule has 1 fully saturated rings. The molecule has 0 aromatic heterocycles. The molecule has 0 unspecified atom stereocenters. The smallest absolute Gasteiger partial charge is 0.251 e. The van der Waals surface area contributed by atoms with Crippen molar-refractivity contribution in [1.82, 2.24) is 10.2 Å². The number of nitrogens with zero attached hydrogens (tertiary/aromatic N) is 1. The molecule has 96 valence electrons. The average molecular weight is 250 g/mol. The first-order valence-electron chi connectivity index (χ1n) is 5.98. The highest BCUT2D eigenvalue weighted by molar-refractivity contribution is 5.96. The molecule has 0 atom stereocenters. The van der Waals surface area contributed by atoms with Crippen LogP contribution in [-0.2, 0) is 4.79 Å². The van der Waals surface area contributed by atoms with Crippen LogP contribution in [0, 0.1) is 5.82 Å². The van der Waals surface area contributed by atoms with Gasteiger partial charge in [-0.1, -0.05) is 0 Å². The molecule has 0 saturated carbocycles. The minimum Gasteiger partial charge on any atom is -0.343 e. The van der Waals surface area contributed by atoms with Gasteiger partial charge in [-0.05, 0) is 37.1 Å². The Kier molecular flexibility index (Phi) is 3.92. The number of carbonyl (C=O) groups is 2. The third kappa shape index (κ3) is 3.06. The maximum Gasteiger partial charge on any atom is 0.251 e. The van der Waals surface area contributed by atoms with Crippen LogP contribution in [0.2, 0.25) is 0 Å². The van der Waals surface area contributed by atoms with Gasteiger partial charge in [-0.3, -0.25) is 9.59 Å². The third-order valence-electron chi connectivity index (χ3n) is 2.97. The van der Waals surface area contributed by atoms with Crippen molar-refractivity contribution >= 4 is 11.8 Å². The largest absolute Gasteiger partial charge is 0.343 e. The second-order valence-corrected chi connectivity index (χ2v) is 4.28. The highest BCUT2D eigenvalue weighted by Crippen LogP contribution is 2.07. The third-order valence-corrected chi connectivity index (χ3v) is 2.97. The standard InChI is InChI=1S/C13H15FN2O2/c14-11-5-3-10(4-6-11)13(18)15-9-12(17)16-7-1-2-8-16/h3-6H,1-2,7-9H2,(H,15,18). The molecule has 1 aromatic rings. The summed E-state index contributed by atoms with van der Waals surface area (Å²) in [6, 6.07) is 5.23. The van der Waals surface area contributed by atoms with Gasteiger partial charge in [-0.2, -0.15) is 0 Å². The fourth-order valence-corrected chi connectivity index (χ4v) is 1.94. The normalized spacial score (nSPS) is 14.6. The van der Waals surface area contributed by atoms with Crippen LogP contribution in [0.3, 0.4) is 0 Å². The quantitative estimate of drug-likeness (QED) is 0.875. The van der Waals surface area contributed by atoms with Crippen molar-refractivity contribution in [3.63, 3.8) is 0 Å². The zero-order valence-electron chi connectivity index (χ0n) is 9.99. The lowest BCUT2D eigenvalue weighted by molar-refractivity contribution is -0.129. The number of rotatable bonds is 3. The van der Waals surface area contributed by atoms with Crippen LogP contribution in [0.4, 0.5) is 4.39 Å². The lowest BCUT2D eigenvalue weighted by Gasteiger charge is -2.15. The Morgan fingerprint density at radius 1 is 1.17 bits per heavy atom. The highest BCUT2D eigenvalue weighted by Gasteiger charge is 2.18. The number of benzene rings is 1. The highest BCUT2D eigenvalue weighted by atomic mass is 19.1. The van der Waals surface area contributed by atoms with Gasteiger partial charge in [0, 0.05) is 18.7 Å². The van der Waals surface area contributed by atoms with Crippen LogP contribution in [0.25, 0.3) is 0 Å². The van der Waals surface area contributed by atoms with E-state index >= 15 is 0 Å². The van der Waals surface area contributed by atoms with Crippen LogP contribution in [0.15, 0.2) is 24.3 Å². The van der Waals surface area contributed by atoms with E-state index in [4.69, 9.17) is 0 Å². The van der Waals surface area contributed by atoms with Crippen molar-refractivity contribution in [2.24, 2.45) is 0 Å². The molecule has 1 aromatic carbocycles. The molecule has 1 aliphatic heterocycles. The number of amides is 2. The molecule has 2 amide bonds. The van der Waals surface area contributed by atoms with Gasteiger partial charge in [0.1, 0.15) is 5.82 Å². The fourth-order valence-electron chi connectivity index (χ4n) is 1.94. The monoisotopic (exact) mass is 250 g/mol. The van der Waals surface area contributed by atoms with Crippen LogP contribution >= 0.6 is 0 Å². The summed E-state index contributed by atoms with van der Waals surface area (Å²) in [4.78, 5) is 25.1. The number of likely N-dealkylation sites (tertiary alicyclic amines) is 1. The lowest BCUT2D eigenvalue weighted by Crippen LogP contribution is -2.38. The predicted octanol–water partition coefficient (Wildman–Crippen LogP) is 1.18. The van der Waals surface area contributed by atoms with Gasteiger partial charge in [-0.15, -0.1) is 0 Å². The van der Waals surface area contributed by atoms with Crippen LogP contribution in [0.1, 0.15) is 23.2 Å². The van der Waals surface area contributed by atoms with Gasteiger partial charge < -0.3 is 10.2 Å². The van der Waals surface area contributed by atoms with E-state index in [0.717, 1.165) is 25.9 Å². The van der Waals surface area contributed by atoms with Gasteiger partial charge in [0.2, 0.25) is 5.91 Å². The molecule has 18 heavy (non-hydrogen) atoms. The van der Waals surface area contributed by atoms with Crippen molar-refractivity contribution in [3.8, 4) is 0 Å². The molecule has 2 rings (SSSR count). The first-order valence-corrected chi connectivity index (χ1v) is 5.98. The summed E-state index contributed by atoms with van der Waals surface area (Å²) in [6.45, 7) is 1.53. The number of hydrogen-bond donors (Lipinski definition) is 1. The summed E-state index contributed by atoms with van der Waals surface area (Å²) < 4.78 is 12.7. The number of hydrogen-bond acceptors (Lipinski definition) is 2. The zero-order chi connectivity index (χ0) is 13.0. The number of nitrogens with one attached hydrogen (secondary N) is 1. The van der Waals surface area contributed by atoms with E-state index in [1.807, 2.05) is 0 Å². The molecule has 0 radical (unpaired) electrons. The van der Waals surface area contributed by atoms with Crippen molar-refractivity contribution in [2.45, 2.75) is 12.8 Å². The molecular weight excluding hydrogens is 235 g/mol. The van der Waals surface area contributed by atoms with Crippen molar-refractivity contribution in [3.05, 3.63) is 35.6 Å². The topological polar surface area (TPSA) is 49.4 Å². The maximum atomic E-state index is 12.7. The summed E-state index contributed by atoms with van der Waals surface area (Å²) in [7, 11) is 0.